The molecule has 2 aliphatic heterocycles. The molecule has 190 valence electrons. The van der Waals surface area contributed by atoms with E-state index in [0.717, 1.165) is 17.7 Å². The number of anilines is 1. The van der Waals surface area contributed by atoms with Gasteiger partial charge in [0.2, 0.25) is 12.7 Å². The molecule has 0 saturated heterocycles. The van der Waals surface area contributed by atoms with Crippen LogP contribution in [0.1, 0.15) is 32.8 Å². The van der Waals surface area contributed by atoms with E-state index in [4.69, 9.17) is 42.1 Å². The lowest BCUT2D eigenvalue weighted by molar-refractivity contribution is -0.135. The first-order chi connectivity index (χ1) is 16.7. The van der Waals surface area contributed by atoms with Crippen molar-refractivity contribution in [2.75, 3.05) is 45.0 Å². The van der Waals surface area contributed by atoms with Crippen LogP contribution < -0.4 is 23.8 Å². The van der Waals surface area contributed by atoms with E-state index < -0.39 is 0 Å². The van der Waals surface area contributed by atoms with Crippen LogP contribution >= 0.6 is 23.2 Å². The molecule has 2 aromatic rings. The molecule has 35 heavy (non-hydrogen) atoms. The van der Waals surface area contributed by atoms with E-state index in [-0.39, 0.29) is 18.6 Å². The minimum absolute atomic E-state index is 0.0608. The SMILES string of the molecule is CC(C)CN(Cc1cc(Cl)c2c(c1)OCCCO2)C(=O)C(C)CN(C)c1cc2c(cc1Cl)OCO2. The van der Waals surface area contributed by atoms with Gasteiger partial charge in [-0.1, -0.05) is 44.0 Å². The number of amides is 1. The number of halogens is 2. The van der Waals surface area contributed by atoms with Crippen LogP contribution in [0, 0.1) is 11.8 Å². The maximum Gasteiger partial charge on any atom is 0.231 e. The standard InChI is InChI=1S/C26H32Cl2N2O5/c1-16(2)12-30(14-18-8-20(28)25-24(9-18)32-6-5-7-33-25)26(31)17(3)13-29(4)21-11-23-22(10-19(21)27)34-15-35-23/h8-11,16-17H,5-7,12-15H2,1-4H3. The van der Waals surface area contributed by atoms with Gasteiger partial charge >= 0.3 is 0 Å². The van der Waals surface area contributed by atoms with Crippen molar-refractivity contribution >= 4 is 34.8 Å². The molecule has 4 rings (SSSR count). The van der Waals surface area contributed by atoms with Gasteiger partial charge in [-0.3, -0.25) is 4.79 Å². The summed E-state index contributed by atoms with van der Waals surface area (Å²) in [6.45, 7) is 9.03. The summed E-state index contributed by atoms with van der Waals surface area (Å²) in [4.78, 5) is 17.4. The van der Waals surface area contributed by atoms with Gasteiger partial charge in [0.15, 0.2) is 23.0 Å². The molecular weight excluding hydrogens is 491 g/mol. The Hall–Kier alpha value is -2.51. The Kier molecular flexibility index (Phi) is 8.07. The maximum absolute atomic E-state index is 13.6. The number of benzene rings is 2. The van der Waals surface area contributed by atoms with Crippen molar-refractivity contribution in [3.63, 3.8) is 0 Å². The van der Waals surface area contributed by atoms with Crippen molar-refractivity contribution in [1.82, 2.24) is 4.90 Å². The predicted molar refractivity (Wildman–Crippen MR) is 137 cm³/mol. The van der Waals surface area contributed by atoms with E-state index in [2.05, 4.69) is 13.8 Å². The zero-order valence-electron chi connectivity index (χ0n) is 20.6. The van der Waals surface area contributed by atoms with Crippen molar-refractivity contribution in [3.05, 3.63) is 39.9 Å². The Labute approximate surface area is 216 Å². The number of hydrogen-bond donors (Lipinski definition) is 0. The Balaban J connectivity index is 1.49. The van der Waals surface area contributed by atoms with Gasteiger partial charge in [0, 0.05) is 45.2 Å². The van der Waals surface area contributed by atoms with Crippen molar-refractivity contribution in [3.8, 4) is 23.0 Å². The minimum atomic E-state index is -0.267. The molecule has 2 heterocycles. The van der Waals surface area contributed by atoms with E-state index in [0.29, 0.717) is 71.8 Å². The number of rotatable bonds is 8. The topological polar surface area (TPSA) is 60.5 Å². The molecule has 0 N–H and O–H groups in total. The minimum Gasteiger partial charge on any atom is -0.489 e. The summed E-state index contributed by atoms with van der Waals surface area (Å²) in [6.07, 6.45) is 0.802. The second-order valence-corrected chi connectivity index (χ2v) is 10.3. The molecule has 2 aromatic carbocycles. The average molecular weight is 523 g/mol. The van der Waals surface area contributed by atoms with Gasteiger partial charge in [-0.05, 0) is 23.6 Å². The smallest absolute Gasteiger partial charge is 0.231 e. The third-order valence-corrected chi connectivity index (χ3v) is 6.54. The molecule has 7 nitrogen and oxygen atoms in total. The van der Waals surface area contributed by atoms with Gasteiger partial charge in [0.05, 0.1) is 34.9 Å². The zero-order valence-corrected chi connectivity index (χ0v) is 22.1. The third-order valence-electron chi connectivity index (χ3n) is 5.96. The summed E-state index contributed by atoms with van der Waals surface area (Å²) < 4.78 is 22.5. The van der Waals surface area contributed by atoms with Crippen LogP contribution in [-0.2, 0) is 11.3 Å². The average Bonchev–Trinajstić information content (AvgIpc) is 3.11. The Bertz CT molecular complexity index is 1080. The van der Waals surface area contributed by atoms with Crippen LogP contribution in [0.2, 0.25) is 10.0 Å². The second-order valence-electron chi connectivity index (χ2n) is 9.51. The van der Waals surface area contributed by atoms with Gasteiger partial charge in [-0.2, -0.15) is 0 Å². The van der Waals surface area contributed by atoms with Crippen LogP contribution in [0.25, 0.3) is 0 Å². The van der Waals surface area contributed by atoms with Crippen LogP contribution in [0.15, 0.2) is 24.3 Å². The van der Waals surface area contributed by atoms with E-state index in [1.54, 1.807) is 6.07 Å². The third kappa shape index (κ3) is 6.01. The number of hydrogen-bond acceptors (Lipinski definition) is 6. The highest BCUT2D eigenvalue weighted by Gasteiger charge is 2.26. The fourth-order valence-corrected chi connectivity index (χ4v) is 4.95. The van der Waals surface area contributed by atoms with E-state index >= 15 is 0 Å². The second kappa shape index (κ2) is 11.0. The van der Waals surface area contributed by atoms with Gasteiger partial charge in [-0.15, -0.1) is 0 Å². The summed E-state index contributed by atoms with van der Waals surface area (Å²) in [7, 11) is 1.92. The summed E-state index contributed by atoms with van der Waals surface area (Å²) in [5.74, 6) is 2.60. The summed E-state index contributed by atoms with van der Waals surface area (Å²) in [5, 5.41) is 1.05. The quantitative estimate of drug-likeness (QED) is 0.447. The van der Waals surface area contributed by atoms with Crippen molar-refractivity contribution < 1.29 is 23.7 Å². The lowest BCUT2D eigenvalue weighted by Crippen LogP contribution is -2.41. The number of nitrogens with zero attached hydrogens (tertiary/aromatic N) is 2. The molecule has 0 aromatic heterocycles. The molecule has 0 saturated carbocycles. The normalized spacial score (nSPS) is 15.1. The first-order valence-electron chi connectivity index (χ1n) is 11.9. The number of fused-ring (bicyclic) bond motifs is 2. The molecule has 0 spiro atoms. The Morgan fingerprint density at radius 1 is 0.914 bits per heavy atom. The highest BCUT2D eigenvalue weighted by Crippen LogP contribution is 2.41. The van der Waals surface area contributed by atoms with Crippen molar-refractivity contribution in [2.45, 2.75) is 33.7 Å². The van der Waals surface area contributed by atoms with E-state index in [1.165, 1.54) is 0 Å². The highest BCUT2D eigenvalue weighted by atomic mass is 35.5. The largest absolute Gasteiger partial charge is 0.489 e. The van der Waals surface area contributed by atoms with Gasteiger partial charge in [0.1, 0.15) is 0 Å². The summed E-state index contributed by atoms with van der Waals surface area (Å²) >= 11 is 13.0. The number of carbonyl (C=O) groups is 1. The van der Waals surface area contributed by atoms with Gasteiger partial charge in [-0.25, -0.2) is 0 Å². The fraction of sp³-hybridized carbons (Fsp3) is 0.500. The first-order valence-corrected chi connectivity index (χ1v) is 12.7. The fourth-order valence-electron chi connectivity index (χ4n) is 4.37. The summed E-state index contributed by atoms with van der Waals surface area (Å²) in [5.41, 5.74) is 1.70. The van der Waals surface area contributed by atoms with Crippen molar-refractivity contribution in [2.24, 2.45) is 11.8 Å². The number of ether oxygens (including phenoxy) is 4. The van der Waals surface area contributed by atoms with Crippen LogP contribution in [0.4, 0.5) is 5.69 Å². The molecule has 0 aliphatic carbocycles. The molecular formula is C26H32Cl2N2O5. The molecule has 1 amide bonds. The monoisotopic (exact) mass is 522 g/mol. The van der Waals surface area contributed by atoms with Crippen molar-refractivity contribution in [1.29, 1.82) is 0 Å². The van der Waals surface area contributed by atoms with Crippen LogP contribution in [0.5, 0.6) is 23.0 Å². The van der Waals surface area contributed by atoms with Gasteiger partial charge < -0.3 is 28.7 Å². The molecule has 0 radical (unpaired) electrons. The highest BCUT2D eigenvalue weighted by molar-refractivity contribution is 6.33. The Morgan fingerprint density at radius 3 is 2.37 bits per heavy atom. The lowest BCUT2D eigenvalue weighted by atomic mass is 10.1. The molecule has 2 aliphatic rings. The van der Waals surface area contributed by atoms with Gasteiger partial charge in [0.25, 0.3) is 0 Å². The number of carbonyl (C=O) groups excluding carboxylic acids is 1. The summed E-state index contributed by atoms with van der Waals surface area (Å²) in [6, 6.07) is 7.39. The lowest BCUT2D eigenvalue weighted by Gasteiger charge is -2.30. The molecule has 0 bridgehead atoms. The molecule has 1 atom stereocenters. The molecule has 1 unspecified atom stereocenters. The molecule has 0 fully saturated rings. The van der Waals surface area contributed by atoms with Crippen LogP contribution in [0.3, 0.4) is 0 Å². The Morgan fingerprint density at radius 2 is 1.63 bits per heavy atom. The van der Waals surface area contributed by atoms with Crippen LogP contribution in [-0.4, -0.2) is 51.0 Å². The zero-order chi connectivity index (χ0) is 25.1. The maximum atomic E-state index is 13.6. The molecule has 9 heteroatoms. The van der Waals surface area contributed by atoms with E-state index in [9.17, 15) is 4.79 Å². The van der Waals surface area contributed by atoms with E-state index in [1.807, 2.05) is 42.0 Å². The predicted octanol–water partition coefficient (Wildman–Crippen LogP) is 5.64. The first kappa shape index (κ1) is 25.6.